The van der Waals surface area contributed by atoms with Gasteiger partial charge in [0.25, 0.3) is 0 Å². The molecule has 0 fully saturated rings. The third kappa shape index (κ3) is 7.81. The summed E-state index contributed by atoms with van der Waals surface area (Å²) in [6, 6.07) is 58.3. The number of benzene rings is 8. The van der Waals surface area contributed by atoms with Gasteiger partial charge >= 0.3 is 0 Å². The van der Waals surface area contributed by atoms with Crippen molar-refractivity contribution in [1.82, 2.24) is 0 Å². The molecule has 8 rings (SSSR count). The molecule has 0 saturated heterocycles. The number of carboxylic acids is 4. The molecule has 0 aliphatic heterocycles. The summed E-state index contributed by atoms with van der Waals surface area (Å²) in [5.74, 6) is -5.02. The summed E-state index contributed by atoms with van der Waals surface area (Å²) >= 11 is 0. The zero-order chi connectivity index (χ0) is 42.7. The van der Waals surface area contributed by atoms with Crippen LogP contribution in [0.3, 0.4) is 0 Å². The van der Waals surface area contributed by atoms with E-state index in [-0.39, 0.29) is 22.3 Å². The van der Waals surface area contributed by atoms with E-state index in [0.717, 1.165) is 66.8 Å². The number of hydrogen-bond donors (Lipinski definition) is 0. The van der Waals surface area contributed by atoms with E-state index in [4.69, 9.17) is 0 Å². The molecule has 0 amide bonds. The lowest BCUT2D eigenvalue weighted by atomic mass is 9.64. The molecule has 0 unspecified atom stereocenters. The molecular formula is C53H32O8-4. The number of carboxylic acid groups (broad SMARTS) is 4. The van der Waals surface area contributed by atoms with Crippen molar-refractivity contribution >= 4 is 23.9 Å². The standard InChI is InChI=1S/C53H36O8/c54-49(55)41-9-1-33(2-10-41)37-17-25-45(26-18-37)53(46-27-19-38(20-28-46)34-3-11-42(12-4-34)50(56)57,47-29-21-39(22-30-47)35-5-13-43(14-6-35)51(58)59)48-31-23-40(24-32-48)36-7-15-44(16-8-36)52(60)61/h1-32H,(H,54,55)(H,56,57)(H,58,59)(H,60,61)/p-4. The first-order valence-corrected chi connectivity index (χ1v) is 19.2. The fraction of sp³-hybridized carbons (Fsp3) is 0.0189. The lowest BCUT2D eigenvalue weighted by Crippen LogP contribution is -2.31. The highest BCUT2D eigenvalue weighted by Gasteiger charge is 2.38. The van der Waals surface area contributed by atoms with Crippen molar-refractivity contribution in [3.05, 3.63) is 239 Å². The van der Waals surface area contributed by atoms with Gasteiger partial charge in [0.15, 0.2) is 0 Å². The maximum Gasteiger partial charge on any atom is 0.0715 e. The topological polar surface area (TPSA) is 161 Å². The van der Waals surface area contributed by atoms with Crippen LogP contribution in [0.1, 0.15) is 63.7 Å². The highest BCUT2D eigenvalue weighted by atomic mass is 16.4. The van der Waals surface area contributed by atoms with E-state index in [1.807, 2.05) is 97.1 Å². The van der Waals surface area contributed by atoms with Gasteiger partial charge < -0.3 is 39.6 Å². The molecule has 0 heterocycles. The third-order valence-corrected chi connectivity index (χ3v) is 11.1. The SMILES string of the molecule is O=C([O-])c1ccc(-c2ccc(C(c3ccc(-c4ccc(C(=O)[O-])cc4)cc3)(c3ccc(-c4ccc(C(=O)[O-])cc4)cc3)c3ccc(-c4ccc(C(=O)[O-])cc4)cc3)cc2)cc1. The first-order valence-electron chi connectivity index (χ1n) is 19.2. The van der Waals surface area contributed by atoms with Crippen molar-refractivity contribution in [3.8, 4) is 44.5 Å². The van der Waals surface area contributed by atoms with Gasteiger partial charge in [-0.1, -0.05) is 194 Å². The fourth-order valence-electron chi connectivity index (χ4n) is 7.85. The summed E-state index contributed by atoms with van der Waals surface area (Å²) in [6.45, 7) is 0. The summed E-state index contributed by atoms with van der Waals surface area (Å²) in [4.78, 5) is 45.8. The van der Waals surface area contributed by atoms with Crippen molar-refractivity contribution in [1.29, 1.82) is 0 Å². The largest absolute Gasteiger partial charge is 0.545 e. The van der Waals surface area contributed by atoms with E-state index in [1.165, 1.54) is 48.5 Å². The number of hydrogen-bond acceptors (Lipinski definition) is 8. The number of carbonyl (C=O) groups is 4. The van der Waals surface area contributed by atoms with Crippen LogP contribution in [0.4, 0.5) is 0 Å². The Bertz CT molecular complexity index is 2470. The second kappa shape index (κ2) is 16.5. The van der Waals surface area contributed by atoms with Crippen LogP contribution in [0.2, 0.25) is 0 Å². The Morgan fingerprint density at radius 1 is 0.230 bits per heavy atom. The molecule has 8 aromatic rings. The Morgan fingerprint density at radius 3 is 0.492 bits per heavy atom. The van der Waals surface area contributed by atoms with E-state index >= 15 is 0 Å². The predicted octanol–water partition coefficient (Wildman–Crippen LogP) is 6.19. The van der Waals surface area contributed by atoms with E-state index < -0.39 is 29.3 Å². The smallest absolute Gasteiger partial charge is 0.0715 e. The molecule has 0 aliphatic carbocycles. The highest BCUT2D eigenvalue weighted by molar-refractivity contribution is 5.88. The molecule has 296 valence electrons. The molecule has 0 aromatic heterocycles. The Hall–Kier alpha value is -8.36. The van der Waals surface area contributed by atoms with Crippen LogP contribution in [-0.2, 0) is 5.41 Å². The second-order valence-corrected chi connectivity index (χ2v) is 14.5. The first kappa shape index (κ1) is 39.5. The highest BCUT2D eigenvalue weighted by Crippen LogP contribution is 2.47. The van der Waals surface area contributed by atoms with Crippen molar-refractivity contribution in [2.75, 3.05) is 0 Å². The lowest BCUT2D eigenvalue weighted by Gasteiger charge is -2.37. The van der Waals surface area contributed by atoms with E-state index in [0.29, 0.717) is 0 Å². The van der Waals surface area contributed by atoms with Crippen LogP contribution < -0.4 is 20.4 Å². The van der Waals surface area contributed by atoms with Gasteiger partial charge in [-0.2, -0.15) is 0 Å². The summed E-state index contributed by atoms with van der Waals surface area (Å²) in [5.41, 5.74) is 9.72. The molecule has 0 radical (unpaired) electrons. The zero-order valence-corrected chi connectivity index (χ0v) is 32.2. The summed E-state index contributed by atoms with van der Waals surface area (Å²) in [5, 5.41) is 45.8. The minimum Gasteiger partial charge on any atom is -0.545 e. The Morgan fingerprint density at radius 2 is 0.361 bits per heavy atom. The van der Waals surface area contributed by atoms with Gasteiger partial charge in [-0.15, -0.1) is 0 Å². The molecule has 8 aromatic carbocycles. The number of carbonyl (C=O) groups excluding carboxylic acids is 4. The quantitative estimate of drug-likeness (QED) is 0.132. The first-order chi connectivity index (χ1) is 29.5. The van der Waals surface area contributed by atoms with E-state index in [1.54, 1.807) is 48.5 Å². The maximum atomic E-state index is 11.4. The van der Waals surface area contributed by atoms with Crippen LogP contribution in [0, 0.1) is 0 Å². The molecule has 0 bridgehead atoms. The van der Waals surface area contributed by atoms with Gasteiger partial charge in [0.2, 0.25) is 0 Å². The molecular weight excluding hydrogens is 765 g/mol. The van der Waals surface area contributed by atoms with Crippen molar-refractivity contribution in [2.24, 2.45) is 0 Å². The van der Waals surface area contributed by atoms with Crippen LogP contribution >= 0.6 is 0 Å². The molecule has 8 nitrogen and oxygen atoms in total. The summed E-state index contributed by atoms with van der Waals surface area (Å²) in [7, 11) is 0. The van der Waals surface area contributed by atoms with Crippen molar-refractivity contribution < 1.29 is 39.6 Å². The Kier molecular flexibility index (Phi) is 10.7. The number of aromatic carboxylic acids is 4. The van der Waals surface area contributed by atoms with Gasteiger partial charge in [-0.25, -0.2) is 0 Å². The molecule has 0 spiro atoms. The van der Waals surface area contributed by atoms with E-state index in [9.17, 15) is 39.6 Å². The Balaban J connectivity index is 1.31. The van der Waals surface area contributed by atoms with Gasteiger partial charge in [0, 0.05) is 0 Å². The monoisotopic (exact) mass is 796 g/mol. The minimum absolute atomic E-state index is 0.0780. The van der Waals surface area contributed by atoms with Crippen molar-refractivity contribution in [3.63, 3.8) is 0 Å². The van der Waals surface area contributed by atoms with Gasteiger partial charge in [-0.3, -0.25) is 0 Å². The third-order valence-electron chi connectivity index (χ3n) is 11.1. The molecule has 0 atom stereocenters. The minimum atomic E-state index is -1.26. The zero-order valence-electron chi connectivity index (χ0n) is 32.2. The fourth-order valence-corrected chi connectivity index (χ4v) is 7.85. The van der Waals surface area contributed by atoms with Crippen LogP contribution in [-0.4, -0.2) is 23.9 Å². The van der Waals surface area contributed by atoms with Crippen molar-refractivity contribution in [2.45, 2.75) is 5.41 Å². The van der Waals surface area contributed by atoms with Crippen LogP contribution in [0.25, 0.3) is 44.5 Å². The average Bonchev–Trinajstić information content (AvgIpc) is 3.30. The average molecular weight is 797 g/mol. The lowest BCUT2D eigenvalue weighted by molar-refractivity contribution is -0.256. The molecule has 8 heteroatoms. The second-order valence-electron chi connectivity index (χ2n) is 14.5. The van der Waals surface area contributed by atoms with Gasteiger partial charge in [0.05, 0.1) is 29.3 Å². The van der Waals surface area contributed by atoms with Crippen LogP contribution in [0.5, 0.6) is 0 Å². The number of rotatable bonds is 12. The normalized spacial score (nSPS) is 11.1. The van der Waals surface area contributed by atoms with E-state index in [2.05, 4.69) is 0 Å². The molecule has 0 N–H and O–H groups in total. The predicted molar refractivity (Wildman–Crippen MR) is 224 cm³/mol. The molecule has 61 heavy (non-hydrogen) atoms. The Labute approximate surface area is 350 Å². The maximum absolute atomic E-state index is 11.4. The molecule has 0 aliphatic rings. The van der Waals surface area contributed by atoms with Crippen LogP contribution in [0.15, 0.2) is 194 Å². The molecule has 0 saturated carbocycles. The summed E-state index contributed by atoms with van der Waals surface area (Å²) in [6.07, 6.45) is 0. The van der Waals surface area contributed by atoms with Gasteiger partial charge in [-0.05, 0) is 89.0 Å². The summed E-state index contributed by atoms with van der Waals surface area (Å²) < 4.78 is 0. The van der Waals surface area contributed by atoms with Gasteiger partial charge in [0.1, 0.15) is 0 Å².